The van der Waals surface area contributed by atoms with Gasteiger partial charge in [0.15, 0.2) is 0 Å². The first-order chi connectivity index (χ1) is 6.95. The molecule has 0 aromatic carbocycles. The summed E-state index contributed by atoms with van der Waals surface area (Å²) in [6, 6.07) is 0.883. The van der Waals surface area contributed by atoms with Gasteiger partial charge < -0.3 is 10.8 Å². The fourth-order valence-electron chi connectivity index (χ4n) is 0.961. The van der Waals surface area contributed by atoms with Gasteiger partial charge in [-0.25, -0.2) is 4.98 Å². The van der Waals surface area contributed by atoms with Crippen LogP contribution in [-0.4, -0.2) is 16.7 Å². The Morgan fingerprint density at radius 2 is 2.13 bits per heavy atom. The third kappa shape index (κ3) is 2.95. The molecule has 15 heavy (non-hydrogen) atoms. The minimum absolute atomic E-state index is 0.00676. The van der Waals surface area contributed by atoms with Crippen LogP contribution in [0.3, 0.4) is 0 Å². The van der Waals surface area contributed by atoms with Gasteiger partial charge in [0.2, 0.25) is 0 Å². The monoisotopic (exact) mass is 218 g/mol. The molecule has 0 atom stereocenters. The minimum Gasteiger partial charge on any atom is -0.392 e. The lowest BCUT2D eigenvalue weighted by Crippen LogP contribution is -2.07. The number of hydrogen-bond acceptors (Lipinski definition) is 3. The molecule has 0 unspecified atom stereocenters. The van der Waals surface area contributed by atoms with Crippen LogP contribution in [-0.2, 0) is 6.18 Å². The Balaban J connectivity index is 3.11. The molecule has 1 rings (SSSR count). The van der Waals surface area contributed by atoms with Crippen LogP contribution in [0.15, 0.2) is 18.3 Å². The van der Waals surface area contributed by atoms with E-state index in [9.17, 15) is 13.2 Å². The highest BCUT2D eigenvalue weighted by atomic mass is 19.4. The Kier molecular flexibility index (Phi) is 3.31. The summed E-state index contributed by atoms with van der Waals surface area (Å²) in [7, 11) is 0. The summed E-state index contributed by atoms with van der Waals surface area (Å²) in [5.74, 6) is -0.00676. The Bertz CT molecular complexity index is 374. The first kappa shape index (κ1) is 11.5. The number of rotatable bonds is 2. The largest absolute Gasteiger partial charge is 0.417 e. The zero-order valence-electron chi connectivity index (χ0n) is 7.62. The Hall–Kier alpha value is -1.56. The summed E-state index contributed by atoms with van der Waals surface area (Å²) >= 11 is 0. The summed E-state index contributed by atoms with van der Waals surface area (Å²) in [5, 5.41) is 8.48. The normalized spacial score (nSPS) is 12.3. The molecular weight excluding hydrogens is 209 g/mol. The summed E-state index contributed by atoms with van der Waals surface area (Å²) in [6.45, 7) is -0.268. The summed E-state index contributed by atoms with van der Waals surface area (Å²) in [4.78, 5) is 3.42. The van der Waals surface area contributed by atoms with Gasteiger partial charge in [-0.3, -0.25) is 0 Å². The Labute approximate surface area is 84.1 Å². The molecular formula is C9H9F3N2O. The first-order valence-corrected chi connectivity index (χ1v) is 4.05. The van der Waals surface area contributed by atoms with Gasteiger partial charge >= 0.3 is 6.18 Å². The average Bonchev–Trinajstić information content (AvgIpc) is 2.15. The van der Waals surface area contributed by atoms with Crippen molar-refractivity contribution >= 4 is 11.9 Å². The molecule has 1 aromatic rings. The molecule has 0 saturated carbocycles. The second kappa shape index (κ2) is 4.31. The van der Waals surface area contributed by atoms with E-state index in [1.54, 1.807) is 0 Å². The van der Waals surface area contributed by atoms with E-state index >= 15 is 0 Å². The molecule has 0 bridgehead atoms. The highest BCUT2D eigenvalue weighted by molar-refractivity contribution is 5.61. The van der Waals surface area contributed by atoms with E-state index in [2.05, 4.69) is 4.98 Å². The smallest absolute Gasteiger partial charge is 0.392 e. The quantitative estimate of drug-likeness (QED) is 0.794. The fraction of sp³-hybridized carbons (Fsp3) is 0.222. The van der Waals surface area contributed by atoms with Crippen LogP contribution < -0.4 is 5.73 Å². The van der Waals surface area contributed by atoms with Crippen LogP contribution in [0.25, 0.3) is 6.08 Å². The molecule has 6 heteroatoms. The number of anilines is 1. The van der Waals surface area contributed by atoms with Crippen LogP contribution in [0, 0.1) is 0 Å². The number of aliphatic hydroxyl groups excluding tert-OH is 1. The highest BCUT2D eigenvalue weighted by Gasteiger charge is 2.31. The van der Waals surface area contributed by atoms with Crippen molar-refractivity contribution in [1.29, 1.82) is 0 Å². The molecule has 1 heterocycles. The molecule has 0 aliphatic rings. The number of pyridine rings is 1. The van der Waals surface area contributed by atoms with Crippen LogP contribution in [0.4, 0.5) is 19.0 Å². The van der Waals surface area contributed by atoms with Gasteiger partial charge in [0.05, 0.1) is 12.2 Å². The predicted molar refractivity (Wildman–Crippen MR) is 49.8 cm³/mol. The van der Waals surface area contributed by atoms with Crippen LogP contribution >= 0.6 is 0 Å². The topological polar surface area (TPSA) is 59.1 Å². The lowest BCUT2D eigenvalue weighted by Gasteiger charge is -2.07. The number of alkyl halides is 3. The van der Waals surface area contributed by atoms with Crippen LogP contribution in [0.2, 0.25) is 0 Å². The van der Waals surface area contributed by atoms with Crippen molar-refractivity contribution in [2.45, 2.75) is 6.18 Å². The second-order valence-corrected chi connectivity index (χ2v) is 2.78. The van der Waals surface area contributed by atoms with E-state index in [1.165, 1.54) is 12.2 Å². The van der Waals surface area contributed by atoms with Crippen molar-refractivity contribution in [1.82, 2.24) is 4.98 Å². The van der Waals surface area contributed by atoms with E-state index in [0.717, 1.165) is 6.07 Å². The summed E-state index contributed by atoms with van der Waals surface area (Å²) < 4.78 is 36.8. The maximum Gasteiger partial charge on any atom is 0.417 e. The molecule has 3 N–H and O–H groups in total. The van der Waals surface area contributed by atoms with Gasteiger partial charge in [0.1, 0.15) is 5.82 Å². The fourth-order valence-corrected chi connectivity index (χ4v) is 0.961. The standard InChI is InChI=1S/C9H9F3N2O/c10-9(11,12)7-4-6(2-1-3-15)8(13)14-5-7/h1-2,4-5,15H,3H2,(H2,13,14). The zero-order chi connectivity index (χ0) is 11.5. The second-order valence-electron chi connectivity index (χ2n) is 2.78. The molecule has 0 saturated heterocycles. The number of nitrogens with zero attached hydrogens (tertiary/aromatic N) is 1. The van der Waals surface area contributed by atoms with Gasteiger partial charge in [-0.1, -0.05) is 12.2 Å². The number of halogens is 3. The maximum absolute atomic E-state index is 12.3. The van der Waals surface area contributed by atoms with Crippen molar-refractivity contribution in [3.63, 3.8) is 0 Å². The Morgan fingerprint density at radius 1 is 1.47 bits per heavy atom. The van der Waals surface area contributed by atoms with Gasteiger partial charge in [0.25, 0.3) is 0 Å². The van der Waals surface area contributed by atoms with Crippen molar-refractivity contribution in [2.24, 2.45) is 0 Å². The lowest BCUT2D eigenvalue weighted by atomic mass is 10.1. The van der Waals surface area contributed by atoms with Crippen molar-refractivity contribution in [3.8, 4) is 0 Å². The van der Waals surface area contributed by atoms with Gasteiger partial charge in [-0.05, 0) is 6.07 Å². The zero-order valence-corrected chi connectivity index (χ0v) is 7.62. The van der Waals surface area contributed by atoms with Crippen molar-refractivity contribution < 1.29 is 18.3 Å². The van der Waals surface area contributed by atoms with Crippen molar-refractivity contribution in [2.75, 3.05) is 12.3 Å². The molecule has 0 amide bonds. The first-order valence-electron chi connectivity index (χ1n) is 4.05. The summed E-state index contributed by atoms with van der Waals surface area (Å²) in [6.07, 6.45) is -1.20. The van der Waals surface area contributed by atoms with Gasteiger partial charge in [-0.2, -0.15) is 13.2 Å². The van der Waals surface area contributed by atoms with Gasteiger partial charge in [-0.15, -0.1) is 0 Å². The molecule has 0 radical (unpaired) electrons. The minimum atomic E-state index is -4.44. The molecule has 0 aliphatic heterocycles. The average molecular weight is 218 g/mol. The molecule has 0 spiro atoms. The number of nitrogens with two attached hydrogens (primary N) is 1. The highest BCUT2D eigenvalue weighted by Crippen LogP contribution is 2.30. The Morgan fingerprint density at radius 3 is 2.67 bits per heavy atom. The number of aromatic nitrogens is 1. The molecule has 0 aliphatic carbocycles. The number of aliphatic hydroxyl groups is 1. The van der Waals surface area contributed by atoms with E-state index in [-0.39, 0.29) is 18.0 Å². The number of nitrogen functional groups attached to an aromatic ring is 1. The maximum atomic E-state index is 12.3. The molecule has 0 fully saturated rings. The third-order valence-corrected chi connectivity index (χ3v) is 1.68. The van der Waals surface area contributed by atoms with Crippen LogP contribution in [0.1, 0.15) is 11.1 Å². The van der Waals surface area contributed by atoms with Crippen LogP contribution in [0.5, 0.6) is 0 Å². The molecule has 82 valence electrons. The predicted octanol–water partition coefficient (Wildman–Crippen LogP) is 1.69. The van der Waals surface area contributed by atoms with E-state index < -0.39 is 11.7 Å². The van der Waals surface area contributed by atoms with Gasteiger partial charge in [0, 0.05) is 11.8 Å². The molecule has 1 aromatic heterocycles. The van der Waals surface area contributed by atoms with E-state index in [0.29, 0.717) is 6.20 Å². The molecule has 3 nitrogen and oxygen atoms in total. The van der Waals surface area contributed by atoms with E-state index in [1.807, 2.05) is 0 Å². The number of hydrogen-bond donors (Lipinski definition) is 2. The van der Waals surface area contributed by atoms with Crippen molar-refractivity contribution in [3.05, 3.63) is 29.5 Å². The van der Waals surface area contributed by atoms with E-state index in [4.69, 9.17) is 10.8 Å². The summed E-state index contributed by atoms with van der Waals surface area (Å²) in [5.41, 5.74) is 4.63. The lowest BCUT2D eigenvalue weighted by molar-refractivity contribution is -0.137. The SMILES string of the molecule is Nc1ncc(C(F)(F)F)cc1C=CCO. The third-order valence-electron chi connectivity index (χ3n) is 1.68.